The van der Waals surface area contributed by atoms with Gasteiger partial charge in [0, 0.05) is 18.5 Å². The fourth-order valence-corrected chi connectivity index (χ4v) is 4.01. The van der Waals surface area contributed by atoms with E-state index in [9.17, 15) is 14.4 Å². The molecule has 1 amide bonds. The molecular formula is C18H23N7O5S. The average Bonchev–Trinajstić information content (AvgIpc) is 3.18. The van der Waals surface area contributed by atoms with Crippen LogP contribution in [0.3, 0.4) is 0 Å². The summed E-state index contributed by atoms with van der Waals surface area (Å²) in [5, 5.41) is 23.4. The maximum absolute atomic E-state index is 12.3. The maximum Gasteiger partial charge on any atom is 0.326 e. The van der Waals surface area contributed by atoms with Crippen molar-refractivity contribution in [3.8, 4) is 0 Å². The highest BCUT2D eigenvalue weighted by Gasteiger charge is 2.24. The Hall–Kier alpha value is -3.48. The van der Waals surface area contributed by atoms with Gasteiger partial charge >= 0.3 is 11.9 Å². The lowest BCUT2D eigenvalue weighted by Gasteiger charge is -2.25. The summed E-state index contributed by atoms with van der Waals surface area (Å²) in [5.41, 5.74) is 13.1. The van der Waals surface area contributed by atoms with Crippen LogP contribution in [0.1, 0.15) is 40.2 Å². The molecule has 3 heterocycles. The average molecular weight is 449 g/mol. The molecule has 0 bridgehead atoms. The number of nitrogens with two attached hydrogens (primary N) is 2. The standard InChI is InChI=1S/C18H23N7O5S/c19-14-10-5-8(7-21-15(10)24-18(20)23-14)1-2-9-6-12(31-25-9)16(28)22-11(17(29)30)3-4-13(26)27/h6,8,11H,1-5,7H2,(H,22,28)(H,26,27)(H,29,30)(H5,19,20,21,23,24)/t8?,11-/m0/s1. The molecule has 13 heteroatoms. The largest absolute Gasteiger partial charge is 0.481 e. The van der Waals surface area contributed by atoms with Crippen molar-refractivity contribution >= 4 is 47.0 Å². The Morgan fingerprint density at radius 1 is 1.29 bits per heavy atom. The Balaban J connectivity index is 1.54. The number of nitrogens with zero attached hydrogens (tertiary/aromatic N) is 3. The van der Waals surface area contributed by atoms with Crippen molar-refractivity contribution in [2.45, 2.75) is 38.1 Å². The van der Waals surface area contributed by atoms with E-state index in [2.05, 4.69) is 25.0 Å². The molecule has 0 fully saturated rings. The highest BCUT2D eigenvalue weighted by atomic mass is 32.1. The molecule has 166 valence electrons. The predicted octanol–water partition coefficient (Wildman–Crippen LogP) is 0.362. The minimum Gasteiger partial charge on any atom is -0.481 e. The second kappa shape index (κ2) is 9.55. The number of carboxylic acid groups (broad SMARTS) is 2. The number of nitrogen functional groups attached to an aromatic ring is 2. The van der Waals surface area contributed by atoms with Gasteiger partial charge in [-0.25, -0.2) is 4.79 Å². The number of carbonyl (C=O) groups is 3. The second-order valence-electron chi connectivity index (χ2n) is 7.26. The van der Waals surface area contributed by atoms with E-state index in [0.29, 0.717) is 31.0 Å². The number of aliphatic carboxylic acids is 2. The molecule has 8 N–H and O–H groups in total. The number of hydrogen-bond acceptors (Lipinski definition) is 10. The van der Waals surface area contributed by atoms with Gasteiger partial charge in [-0.15, -0.1) is 0 Å². The maximum atomic E-state index is 12.3. The molecule has 0 radical (unpaired) electrons. The van der Waals surface area contributed by atoms with E-state index in [1.807, 2.05) is 0 Å². The van der Waals surface area contributed by atoms with Crippen LogP contribution >= 0.6 is 11.5 Å². The Morgan fingerprint density at radius 3 is 2.77 bits per heavy atom. The van der Waals surface area contributed by atoms with Gasteiger partial charge in [0.1, 0.15) is 22.6 Å². The highest BCUT2D eigenvalue weighted by molar-refractivity contribution is 7.08. The van der Waals surface area contributed by atoms with E-state index in [4.69, 9.17) is 21.7 Å². The summed E-state index contributed by atoms with van der Waals surface area (Å²) in [6, 6.07) is 0.350. The van der Waals surface area contributed by atoms with E-state index in [1.54, 1.807) is 6.07 Å². The lowest BCUT2D eigenvalue weighted by molar-refractivity contribution is -0.140. The van der Waals surface area contributed by atoms with Crippen molar-refractivity contribution in [2.24, 2.45) is 5.92 Å². The van der Waals surface area contributed by atoms with Gasteiger partial charge in [-0.1, -0.05) is 0 Å². The predicted molar refractivity (Wildman–Crippen MR) is 113 cm³/mol. The Morgan fingerprint density at radius 2 is 2.06 bits per heavy atom. The number of hydrogen-bond donors (Lipinski definition) is 6. The molecule has 2 atom stereocenters. The third kappa shape index (κ3) is 5.78. The fourth-order valence-electron chi connectivity index (χ4n) is 3.32. The van der Waals surface area contributed by atoms with Gasteiger partial charge in [0.2, 0.25) is 5.95 Å². The quantitative estimate of drug-likeness (QED) is 0.308. The SMILES string of the molecule is Nc1nc(N)c2c(n1)NCC(CCc1cc(C(=O)N[C@@H](CCC(=O)O)C(=O)O)sn1)C2. The van der Waals surface area contributed by atoms with Gasteiger partial charge in [0.25, 0.3) is 5.91 Å². The number of aromatic nitrogens is 3. The summed E-state index contributed by atoms with van der Waals surface area (Å²) in [4.78, 5) is 42.6. The van der Waals surface area contributed by atoms with Crippen LogP contribution < -0.4 is 22.1 Å². The van der Waals surface area contributed by atoms with Crippen LogP contribution in [0.25, 0.3) is 0 Å². The molecule has 0 saturated carbocycles. The molecule has 0 saturated heterocycles. The number of carboxylic acids is 2. The van der Waals surface area contributed by atoms with Crippen molar-refractivity contribution in [3.63, 3.8) is 0 Å². The number of carbonyl (C=O) groups excluding carboxylic acids is 1. The Labute approximate surface area is 181 Å². The highest BCUT2D eigenvalue weighted by Crippen LogP contribution is 2.29. The molecule has 0 spiro atoms. The third-order valence-electron chi connectivity index (χ3n) is 4.95. The second-order valence-corrected chi connectivity index (χ2v) is 8.07. The first-order chi connectivity index (χ1) is 14.7. The summed E-state index contributed by atoms with van der Waals surface area (Å²) >= 11 is 0.974. The summed E-state index contributed by atoms with van der Waals surface area (Å²) < 4.78 is 4.27. The number of amides is 1. The van der Waals surface area contributed by atoms with Crippen molar-refractivity contribution in [1.82, 2.24) is 19.7 Å². The number of nitrogens with one attached hydrogen (secondary N) is 2. The van der Waals surface area contributed by atoms with E-state index in [-0.39, 0.29) is 29.6 Å². The van der Waals surface area contributed by atoms with Crippen molar-refractivity contribution in [3.05, 3.63) is 22.2 Å². The lowest BCUT2D eigenvalue weighted by Crippen LogP contribution is -2.40. The van der Waals surface area contributed by atoms with Crippen LogP contribution in [0.5, 0.6) is 0 Å². The Kier molecular flexibility index (Phi) is 6.84. The van der Waals surface area contributed by atoms with Crippen molar-refractivity contribution in [2.75, 3.05) is 23.3 Å². The molecule has 1 aliphatic rings. The zero-order valence-electron chi connectivity index (χ0n) is 16.5. The molecular weight excluding hydrogens is 426 g/mol. The summed E-state index contributed by atoms with van der Waals surface area (Å²) in [6.45, 7) is 0.699. The van der Waals surface area contributed by atoms with Crippen molar-refractivity contribution < 1.29 is 24.6 Å². The van der Waals surface area contributed by atoms with Gasteiger partial charge in [-0.2, -0.15) is 14.3 Å². The van der Waals surface area contributed by atoms with Crippen molar-refractivity contribution in [1.29, 1.82) is 0 Å². The molecule has 1 unspecified atom stereocenters. The topological polar surface area (TPSA) is 206 Å². The van der Waals surface area contributed by atoms with Gasteiger partial charge in [-0.3, -0.25) is 9.59 Å². The minimum absolute atomic E-state index is 0.128. The molecule has 2 aromatic heterocycles. The molecule has 2 aromatic rings. The summed E-state index contributed by atoms with van der Waals surface area (Å²) in [5.74, 6) is -1.58. The van der Waals surface area contributed by atoms with Crippen LogP contribution in [-0.4, -0.2) is 55.0 Å². The number of fused-ring (bicyclic) bond motifs is 1. The van der Waals surface area contributed by atoms with Gasteiger partial charge in [-0.05, 0) is 49.2 Å². The van der Waals surface area contributed by atoms with E-state index in [0.717, 1.165) is 29.2 Å². The minimum atomic E-state index is -1.28. The summed E-state index contributed by atoms with van der Waals surface area (Å²) in [7, 11) is 0. The van der Waals surface area contributed by atoms with Gasteiger partial charge in [0.05, 0.1) is 5.69 Å². The zero-order chi connectivity index (χ0) is 22.5. The number of aryl methyl sites for hydroxylation is 1. The van der Waals surface area contributed by atoms with Crippen LogP contribution in [0.4, 0.5) is 17.6 Å². The first-order valence-corrected chi connectivity index (χ1v) is 10.4. The lowest BCUT2D eigenvalue weighted by atomic mass is 9.91. The molecule has 31 heavy (non-hydrogen) atoms. The molecule has 3 rings (SSSR count). The van der Waals surface area contributed by atoms with Crippen LogP contribution in [0.2, 0.25) is 0 Å². The number of rotatable bonds is 9. The van der Waals surface area contributed by atoms with Crippen LogP contribution in [0.15, 0.2) is 6.07 Å². The monoisotopic (exact) mass is 449 g/mol. The number of anilines is 3. The molecule has 0 aliphatic carbocycles. The van der Waals surface area contributed by atoms with Crippen LogP contribution in [-0.2, 0) is 22.4 Å². The fraction of sp³-hybridized carbons (Fsp3) is 0.444. The molecule has 12 nitrogen and oxygen atoms in total. The van der Waals surface area contributed by atoms with Crippen LogP contribution in [0, 0.1) is 5.92 Å². The zero-order valence-corrected chi connectivity index (χ0v) is 17.3. The van der Waals surface area contributed by atoms with E-state index >= 15 is 0 Å². The van der Waals surface area contributed by atoms with Gasteiger partial charge in [0.15, 0.2) is 0 Å². The van der Waals surface area contributed by atoms with E-state index in [1.165, 1.54) is 0 Å². The van der Waals surface area contributed by atoms with E-state index < -0.39 is 23.9 Å². The smallest absolute Gasteiger partial charge is 0.326 e. The van der Waals surface area contributed by atoms with Gasteiger partial charge < -0.3 is 32.3 Å². The Bertz CT molecular complexity index is 996. The first kappa shape index (κ1) is 22.2. The first-order valence-electron chi connectivity index (χ1n) is 9.59. The normalized spacial score (nSPS) is 16.1. The molecule has 0 aromatic carbocycles. The molecule has 1 aliphatic heterocycles. The third-order valence-corrected chi connectivity index (χ3v) is 5.77. The summed E-state index contributed by atoms with van der Waals surface area (Å²) in [6.07, 6.45) is 1.57.